The summed E-state index contributed by atoms with van der Waals surface area (Å²) in [5, 5.41) is 8.71. The lowest BCUT2D eigenvalue weighted by Gasteiger charge is -2.27. The first-order valence-corrected chi connectivity index (χ1v) is 21.8. The first-order chi connectivity index (χ1) is 24.8. The van der Waals surface area contributed by atoms with Gasteiger partial charge in [0, 0.05) is 12.8 Å². The normalized spacial score (nSPS) is 12.2. The molecule has 0 radical (unpaired) electrons. The fraction of sp³-hybridized carbons (Fsp3) is 0.125. The third kappa shape index (κ3) is 8.40. The Balaban J connectivity index is 1.07. The number of allylic oxidation sites excluding steroid dienone is 6. The van der Waals surface area contributed by atoms with Gasteiger partial charge < -0.3 is 0 Å². The summed E-state index contributed by atoms with van der Waals surface area (Å²) in [5.74, 6) is 0. The third-order valence-electron chi connectivity index (χ3n) is 9.49. The van der Waals surface area contributed by atoms with Crippen molar-refractivity contribution in [2.45, 2.75) is 25.7 Å². The maximum atomic E-state index is 2.39. The molecule has 0 aromatic heterocycles. The summed E-state index contributed by atoms with van der Waals surface area (Å²) in [4.78, 5) is 0. The highest BCUT2D eigenvalue weighted by molar-refractivity contribution is 7.96. The van der Waals surface area contributed by atoms with Crippen LogP contribution in [0.4, 0.5) is 0 Å². The number of hydrogen-bond acceptors (Lipinski definition) is 0. The molecular formula is C48H48P2+2. The lowest BCUT2D eigenvalue weighted by Crippen LogP contribution is -2.33. The number of rotatable bonds is 16. The molecule has 0 heterocycles. The monoisotopic (exact) mass is 686 g/mol. The van der Waals surface area contributed by atoms with Gasteiger partial charge >= 0.3 is 0 Å². The van der Waals surface area contributed by atoms with Crippen molar-refractivity contribution in [3.05, 3.63) is 218 Å². The summed E-state index contributed by atoms with van der Waals surface area (Å²) in [6.45, 7) is 0. The van der Waals surface area contributed by atoms with Gasteiger partial charge in [-0.05, 0) is 85.6 Å². The molecule has 6 aromatic rings. The topological polar surface area (TPSA) is 0 Å². The molecule has 0 aliphatic carbocycles. The van der Waals surface area contributed by atoms with Gasteiger partial charge in [-0.2, -0.15) is 0 Å². The van der Waals surface area contributed by atoms with Crippen molar-refractivity contribution in [2.24, 2.45) is 0 Å². The van der Waals surface area contributed by atoms with Gasteiger partial charge in [-0.1, -0.05) is 146 Å². The van der Waals surface area contributed by atoms with Crippen molar-refractivity contribution in [3.63, 3.8) is 0 Å². The minimum atomic E-state index is -1.78. The Labute approximate surface area is 301 Å². The highest BCUT2D eigenvalue weighted by atomic mass is 31.2. The van der Waals surface area contributed by atoms with E-state index in [1.54, 1.807) is 0 Å². The lowest BCUT2D eigenvalue weighted by molar-refractivity contribution is 1.19. The Morgan fingerprint density at radius 3 is 0.680 bits per heavy atom. The second-order valence-corrected chi connectivity index (χ2v) is 19.8. The van der Waals surface area contributed by atoms with E-state index in [2.05, 4.69) is 218 Å². The molecule has 6 aromatic carbocycles. The molecule has 0 nitrogen and oxygen atoms in total. The Bertz CT molecular complexity index is 1580. The van der Waals surface area contributed by atoms with Gasteiger partial charge in [0.1, 0.15) is 46.4 Å². The van der Waals surface area contributed by atoms with Crippen LogP contribution in [0.3, 0.4) is 0 Å². The predicted octanol–water partition coefficient (Wildman–Crippen LogP) is 10.2. The Hall–Kier alpha value is -4.60. The maximum absolute atomic E-state index is 2.39. The predicted molar refractivity (Wildman–Crippen MR) is 226 cm³/mol. The van der Waals surface area contributed by atoms with E-state index in [1.807, 2.05) is 0 Å². The molecule has 0 spiro atoms. The van der Waals surface area contributed by atoms with E-state index < -0.39 is 14.5 Å². The molecule has 0 N–H and O–H groups in total. The fourth-order valence-electron chi connectivity index (χ4n) is 7.08. The first kappa shape index (κ1) is 35.2. The van der Waals surface area contributed by atoms with Crippen LogP contribution >= 0.6 is 14.5 Å². The van der Waals surface area contributed by atoms with Crippen LogP contribution in [0.25, 0.3) is 0 Å². The van der Waals surface area contributed by atoms with Gasteiger partial charge in [0.15, 0.2) is 0 Å². The molecule has 0 aliphatic heterocycles. The second-order valence-electron chi connectivity index (χ2n) is 12.5. The van der Waals surface area contributed by atoms with Crippen molar-refractivity contribution in [2.75, 3.05) is 12.3 Å². The van der Waals surface area contributed by atoms with Crippen molar-refractivity contribution in [1.82, 2.24) is 0 Å². The molecule has 0 unspecified atom stereocenters. The average Bonchev–Trinajstić information content (AvgIpc) is 3.20. The van der Waals surface area contributed by atoms with Gasteiger partial charge in [0.05, 0.1) is 12.3 Å². The summed E-state index contributed by atoms with van der Waals surface area (Å²) in [7, 11) is -3.56. The van der Waals surface area contributed by atoms with Crippen LogP contribution in [-0.4, -0.2) is 12.3 Å². The Morgan fingerprint density at radius 1 is 0.260 bits per heavy atom. The zero-order valence-electron chi connectivity index (χ0n) is 28.9. The summed E-state index contributed by atoms with van der Waals surface area (Å²) in [6, 6.07) is 67.1. The molecule has 0 amide bonds. The molecule has 2 heteroatoms. The van der Waals surface area contributed by atoms with E-state index in [0.29, 0.717) is 0 Å². The molecule has 0 saturated carbocycles. The number of hydrogen-bond donors (Lipinski definition) is 0. The van der Waals surface area contributed by atoms with Gasteiger partial charge in [0.25, 0.3) is 0 Å². The molecular weight excluding hydrogens is 638 g/mol. The molecule has 50 heavy (non-hydrogen) atoms. The SMILES string of the molecule is C(=C/C/C=C\CC[P+](c1ccccc1)(c1ccccc1)c1ccccc1)/C/C=C\CC[P+](c1ccccc1)(c1ccccc1)c1ccccc1. The Kier molecular flexibility index (Phi) is 13.0. The molecule has 0 aliphatic rings. The standard InChI is InChI=1S/C48H48P2/c1(3-5-7-27-41-49(43-29-15-9-16-30-43,44-31-17-10-18-32-44)45-33-19-11-20-34-45)2-4-6-8-28-42-50(46-35-21-12-22-36-46,47-37-23-13-24-38-47)48-39-25-14-26-40-48/h1-2,5-26,29-40H,3-4,27-28,41-42H2/q+2/b2-1-,7-5-,8-6-. The summed E-state index contributed by atoms with van der Waals surface area (Å²) in [5.41, 5.74) is 0. The minimum Gasteiger partial charge on any atom is -0.0846 e. The van der Waals surface area contributed by atoms with E-state index in [-0.39, 0.29) is 0 Å². The van der Waals surface area contributed by atoms with Gasteiger partial charge in [-0.15, -0.1) is 0 Å². The highest BCUT2D eigenvalue weighted by Gasteiger charge is 2.45. The molecule has 0 atom stereocenters. The van der Waals surface area contributed by atoms with E-state index in [0.717, 1.165) is 38.0 Å². The first-order valence-electron chi connectivity index (χ1n) is 17.9. The lowest BCUT2D eigenvalue weighted by atomic mass is 10.2. The van der Waals surface area contributed by atoms with Crippen LogP contribution in [0.1, 0.15) is 25.7 Å². The van der Waals surface area contributed by atoms with Crippen molar-refractivity contribution in [3.8, 4) is 0 Å². The Morgan fingerprint density at radius 2 is 0.460 bits per heavy atom. The molecule has 0 bridgehead atoms. The zero-order valence-corrected chi connectivity index (χ0v) is 30.7. The molecule has 248 valence electrons. The quantitative estimate of drug-likeness (QED) is 0.0703. The van der Waals surface area contributed by atoms with E-state index in [1.165, 1.54) is 31.8 Å². The van der Waals surface area contributed by atoms with Crippen LogP contribution in [0.15, 0.2) is 218 Å². The largest absolute Gasteiger partial charge is 0.112 e. The van der Waals surface area contributed by atoms with E-state index in [9.17, 15) is 0 Å². The fourth-order valence-corrected chi connectivity index (χ4v) is 15.6. The van der Waals surface area contributed by atoms with Crippen LogP contribution < -0.4 is 31.8 Å². The molecule has 6 rings (SSSR count). The second kappa shape index (κ2) is 18.4. The van der Waals surface area contributed by atoms with Gasteiger partial charge in [-0.25, -0.2) is 0 Å². The summed E-state index contributed by atoms with van der Waals surface area (Å²) in [6.07, 6.45) is 20.4. The van der Waals surface area contributed by atoms with Crippen LogP contribution in [0, 0.1) is 0 Å². The smallest absolute Gasteiger partial charge is 0.0846 e. The zero-order chi connectivity index (χ0) is 34.2. The van der Waals surface area contributed by atoms with Crippen molar-refractivity contribution < 1.29 is 0 Å². The summed E-state index contributed by atoms with van der Waals surface area (Å²) >= 11 is 0. The average molecular weight is 687 g/mol. The van der Waals surface area contributed by atoms with Crippen LogP contribution in [0.5, 0.6) is 0 Å². The van der Waals surface area contributed by atoms with Crippen molar-refractivity contribution in [1.29, 1.82) is 0 Å². The number of benzene rings is 6. The van der Waals surface area contributed by atoms with Gasteiger partial charge in [0.2, 0.25) is 0 Å². The minimum absolute atomic E-state index is 0.964. The van der Waals surface area contributed by atoms with Crippen LogP contribution in [0.2, 0.25) is 0 Å². The highest BCUT2D eigenvalue weighted by Crippen LogP contribution is 2.56. The van der Waals surface area contributed by atoms with E-state index >= 15 is 0 Å². The molecule has 0 saturated heterocycles. The summed E-state index contributed by atoms with van der Waals surface area (Å²) < 4.78 is 0. The molecule has 0 fully saturated rings. The van der Waals surface area contributed by atoms with Crippen LogP contribution in [-0.2, 0) is 0 Å². The van der Waals surface area contributed by atoms with E-state index in [4.69, 9.17) is 0 Å². The van der Waals surface area contributed by atoms with Crippen molar-refractivity contribution >= 4 is 46.4 Å². The van der Waals surface area contributed by atoms with Gasteiger partial charge in [-0.3, -0.25) is 0 Å². The third-order valence-corrected chi connectivity index (χ3v) is 18.4. The maximum Gasteiger partial charge on any atom is 0.112 e.